The minimum Gasteiger partial charge on any atom is -0.340 e. The Balaban J connectivity index is 1.73. The van der Waals surface area contributed by atoms with Crippen LogP contribution in [-0.4, -0.2) is 54.6 Å². The first-order valence-corrected chi connectivity index (χ1v) is 10.4. The third-order valence-electron chi connectivity index (χ3n) is 4.45. The Bertz CT molecular complexity index is 860. The molecule has 3 rings (SSSR count). The Morgan fingerprint density at radius 2 is 1.69 bits per heavy atom. The molecule has 0 saturated carbocycles. The second-order valence-electron chi connectivity index (χ2n) is 6.47. The second-order valence-corrected chi connectivity index (χ2v) is 8.73. The number of nitrogens with zero attached hydrogens (tertiary/aromatic N) is 4. The number of rotatable bonds is 5. The summed E-state index contributed by atoms with van der Waals surface area (Å²) in [4.78, 5) is 11.2. The molecule has 1 aromatic heterocycles. The van der Waals surface area contributed by atoms with Gasteiger partial charge >= 0.3 is 0 Å². The molecule has 0 bridgehead atoms. The molecule has 2 aromatic rings. The van der Waals surface area contributed by atoms with Gasteiger partial charge in [-0.3, -0.25) is 0 Å². The number of aryl methyl sites for hydroxylation is 2. The molecule has 0 amide bonds. The van der Waals surface area contributed by atoms with E-state index in [9.17, 15) is 8.42 Å². The third-order valence-corrected chi connectivity index (χ3v) is 6.33. The van der Waals surface area contributed by atoms with E-state index in [0.29, 0.717) is 32.1 Å². The van der Waals surface area contributed by atoms with Gasteiger partial charge in [0.25, 0.3) is 0 Å². The first-order chi connectivity index (χ1) is 12.4. The minimum atomic E-state index is -3.13. The highest BCUT2D eigenvalue weighted by Gasteiger charge is 2.26. The molecule has 0 unspecified atom stereocenters. The standard InChI is InChI=1S/C18H25N5O2S/c1-4-26(24,25)23-11-9-22(10-12-23)18-19-15(3)13-17(21-18)20-16-7-5-14(2)6-8-16/h5-8,13H,4,9-12H2,1-3H3,(H,19,20,21). The summed E-state index contributed by atoms with van der Waals surface area (Å²) in [5.74, 6) is 1.51. The Labute approximate surface area is 155 Å². The minimum absolute atomic E-state index is 0.137. The number of piperazine rings is 1. The van der Waals surface area contributed by atoms with Crippen molar-refractivity contribution in [2.45, 2.75) is 20.8 Å². The largest absolute Gasteiger partial charge is 0.340 e. The molecule has 0 aliphatic carbocycles. The summed E-state index contributed by atoms with van der Waals surface area (Å²) in [6.07, 6.45) is 0. The molecule has 2 heterocycles. The van der Waals surface area contributed by atoms with Crippen molar-refractivity contribution < 1.29 is 8.42 Å². The predicted octanol–water partition coefficient (Wildman–Crippen LogP) is 2.31. The maximum Gasteiger partial charge on any atom is 0.227 e. The van der Waals surface area contributed by atoms with Crippen LogP contribution in [0, 0.1) is 13.8 Å². The Morgan fingerprint density at radius 1 is 1.04 bits per heavy atom. The lowest BCUT2D eigenvalue weighted by molar-refractivity contribution is 0.383. The van der Waals surface area contributed by atoms with Crippen molar-refractivity contribution >= 4 is 27.5 Å². The molecule has 1 saturated heterocycles. The van der Waals surface area contributed by atoms with E-state index in [4.69, 9.17) is 0 Å². The van der Waals surface area contributed by atoms with Crippen LogP contribution in [0.3, 0.4) is 0 Å². The van der Waals surface area contributed by atoms with Crippen LogP contribution in [0.15, 0.2) is 30.3 Å². The van der Waals surface area contributed by atoms with E-state index in [1.54, 1.807) is 11.2 Å². The van der Waals surface area contributed by atoms with Crippen LogP contribution in [0.4, 0.5) is 17.5 Å². The lowest BCUT2D eigenvalue weighted by Gasteiger charge is -2.34. The number of aromatic nitrogens is 2. The van der Waals surface area contributed by atoms with E-state index in [0.717, 1.165) is 17.2 Å². The van der Waals surface area contributed by atoms with E-state index in [2.05, 4.69) is 22.2 Å². The quantitative estimate of drug-likeness (QED) is 0.864. The molecule has 8 heteroatoms. The molecule has 1 aromatic carbocycles. The average molecular weight is 375 g/mol. The fourth-order valence-corrected chi connectivity index (χ4v) is 3.98. The van der Waals surface area contributed by atoms with Crippen LogP contribution in [0.25, 0.3) is 0 Å². The molecule has 1 N–H and O–H groups in total. The van der Waals surface area contributed by atoms with E-state index >= 15 is 0 Å². The van der Waals surface area contributed by atoms with Crippen molar-refractivity contribution in [1.29, 1.82) is 0 Å². The summed E-state index contributed by atoms with van der Waals surface area (Å²) in [5.41, 5.74) is 3.04. The molecule has 1 fully saturated rings. The van der Waals surface area contributed by atoms with Gasteiger partial charge in [0.15, 0.2) is 0 Å². The number of nitrogens with one attached hydrogen (secondary N) is 1. The molecule has 0 radical (unpaired) electrons. The van der Waals surface area contributed by atoms with Gasteiger partial charge in [0, 0.05) is 43.6 Å². The van der Waals surface area contributed by atoms with Crippen molar-refractivity contribution in [3.8, 4) is 0 Å². The lowest BCUT2D eigenvalue weighted by atomic mass is 10.2. The van der Waals surface area contributed by atoms with E-state index in [1.807, 2.05) is 42.2 Å². The maximum absolute atomic E-state index is 12.0. The van der Waals surface area contributed by atoms with Crippen molar-refractivity contribution in [3.63, 3.8) is 0 Å². The predicted molar refractivity (Wildman–Crippen MR) is 104 cm³/mol. The fourth-order valence-electron chi connectivity index (χ4n) is 2.89. The topological polar surface area (TPSA) is 78.4 Å². The number of anilines is 3. The molecule has 140 valence electrons. The summed E-state index contributed by atoms with van der Waals surface area (Å²) in [6.45, 7) is 7.77. The van der Waals surface area contributed by atoms with Crippen LogP contribution >= 0.6 is 0 Å². The van der Waals surface area contributed by atoms with Crippen LogP contribution in [-0.2, 0) is 10.0 Å². The Morgan fingerprint density at radius 3 is 2.31 bits per heavy atom. The molecule has 1 aliphatic rings. The highest BCUT2D eigenvalue weighted by molar-refractivity contribution is 7.89. The van der Waals surface area contributed by atoms with E-state index in [-0.39, 0.29) is 5.75 Å². The number of hydrogen-bond donors (Lipinski definition) is 1. The van der Waals surface area contributed by atoms with Crippen molar-refractivity contribution in [2.75, 3.05) is 42.1 Å². The van der Waals surface area contributed by atoms with Gasteiger partial charge in [-0.1, -0.05) is 17.7 Å². The van der Waals surface area contributed by atoms with Crippen molar-refractivity contribution in [1.82, 2.24) is 14.3 Å². The van der Waals surface area contributed by atoms with Crippen LogP contribution in [0.1, 0.15) is 18.2 Å². The molecular weight excluding hydrogens is 350 g/mol. The number of hydrogen-bond acceptors (Lipinski definition) is 6. The maximum atomic E-state index is 12.0. The summed E-state index contributed by atoms with van der Waals surface area (Å²) >= 11 is 0. The monoisotopic (exact) mass is 375 g/mol. The van der Waals surface area contributed by atoms with Gasteiger partial charge < -0.3 is 10.2 Å². The highest BCUT2D eigenvalue weighted by atomic mass is 32.2. The van der Waals surface area contributed by atoms with Gasteiger partial charge in [-0.2, -0.15) is 9.29 Å². The van der Waals surface area contributed by atoms with Crippen molar-refractivity contribution in [2.24, 2.45) is 0 Å². The lowest BCUT2D eigenvalue weighted by Crippen LogP contribution is -2.49. The van der Waals surface area contributed by atoms with Crippen molar-refractivity contribution in [3.05, 3.63) is 41.6 Å². The average Bonchev–Trinajstić information content (AvgIpc) is 2.63. The molecule has 26 heavy (non-hydrogen) atoms. The normalized spacial score (nSPS) is 15.9. The number of benzene rings is 1. The smallest absolute Gasteiger partial charge is 0.227 e. The molecule has 0 spiro atoms. The fraction of sp³-hybridized carbons (Fsp3) is 0.444. The van der Waals surface area contributed by atoms with Gasteiger partial charge in [0.1, 0.15) is 5.82 Å². The van der Waals surface area contributed by atoms with E-state index < -0.39 is 10.0 Å². The first kappa shape index (κ1) is 18.6. The van der Waals surface area contributed by atoms with Gasteiger partial charge in [0.05, 0.1) is 5.75 Å². The SMILES string of the molecule is CCS(=O)(=O)N1CCN(c2nc(C)cc(Nc3ccc(C)cc3)n2)CC1. The zero-order chi connectivity index (χ0) is 18.7. The van der Waals surface area contributed by atoms with Crippen LogP contribution in [0.2, 0.25) is 0 Å². The second kappa shape index (κ2) is 7.59. The Hall–Kier alpha value is -2.19. The van der Waals surface area contributed by atoms with Gasteiger partial charge in [-0.05, 0) is 32.9 Å². The Kier molecular flexibility index (Phi) is 5.43. The van der Waals surface area contributed by atoms with Gasteiger partial charge in [-0.25, -0.2) is 13.4 Å². The van der Waals surface area contributed by atoms with E-state index in [1.165, 1.54) is 5.56 Å². The van der Waals surface area contributed by atoms with Crippen LogP contribution in [0.5, 0.6) is 0 Å². The highest BCUT2D eigenvalue weighted by Crippen LogP contribution is 2.20. The third kappa shape index (κ3) is 4.31. The molecule has 7 nitrogen and oxygen atoms in total. The zero-order valence-corrected chi connectivity index (χ0v) is 16.3. The first-order valence-electron chi connectivity index (χ1n) is 8.79. The zero-order valence-electron chi connectivity index (χ0n) is 15.4. The van der Waals surface area contributed by atoms with Gasteiger partial charge in [0.2, 0.25) is 16.0 Å². The summed E-state index contributed by atoms with van der Waals surface area (Å²) in [7, 11) is -3.13. The summed E-state index contributed by atoms with van der Waals surface area (Å²) in [5, 5.41) is 3.31. The molecule has 0 atom stereocenters. The molecule has 1 aliphatic heterocycles. The number of sulfonamides is 1. The summed E-state index contributed by atoms with van der Waals surface area (Å²) < 4.78 is 25.5. The molecular formula is C18H25N5O2S. The van der Waals surface area contributed by atoms with Crippen LogP contribution < -0.4 is 10.2 Å². The summed E-state index contributed by atoms with van der Waals surface area (Å²) in [6, 6.07) is 10.0. The van der Waals surface area contributed by atoms with Gasteiger partial charge in [-0.15, -0.1) is 0 Å².